The van der Waals surface area contributed by atoms with Gasteiger partial charge in [0.2, 0.25) is 0 Å². The summed E-state index contributed by atoms with van der Waals surface area (Å²) in [7, 11) is -3.65. The van der Waals surface area contributed by atoms with Crippen LogP contribution >= 0.6 is 0 Å². The fraction of sp³-hybridized carbons (Fsp3) is 0.190. The third kappa shape index (κ3) is 5.68. The second-order valence-electron chi connectivity index (χ2n) is 6.34. The maximum absolute atomic E-state index is 13.2. The predicted molar refractivity (Wildman–Crippen MR) is 105 cm³/mol. The number of furan rings is 1. The Hall–Kier alpha value is -3.13. The summed E-state index contributed by atoms with van der Waals surface area (Å²) in [6.07, 6.45) is 1.41. The summed E-state index contributed by atoms with van der Waals surface area (Å²) in [6.45, 7) is 1.89. The number of halogens is 1. The quantitative estimate of drug-likeness (QED) is 0.518. The van der Waals surface area contributed by atoms with E-state index in [1.807, 2.05) is 0 Å². The van der Waals surface area contributed by atoms with Gasteiger partial charge in [-0.1, -0.05) is 24.3 Å². The molecule has 0 aliphatic rings. The molecule has 0 atom stereocenters. The maximum atomic E-state index is 13.2. The summed E-state index contributed by atoms with van der Waals surface area (Å²) >= 11 is 0. The Morgan fingerprint density at radius 2 is 1.76 bits per heavy atom. The molecule has 0 saturated carbocycles. The standard InChI is InChI=1S/C21H20FNO5S/c1-2-29(25,26)28-19-6-3-5-17(13-19)15-23(21(24)20-7-4-12-27-20)14-16-8-10-18(22)11-9-16/h3-13H,2,14-15H2,1H3. The highest BCUT2D eigenvalue weighted by Gasteiger charge is 2.20. The van der Waals surface area contributed by atoms with Crippen molar-refractivity contribution in [2.24, 2.45) is 0 Å². The van der Waals surface area contributed by atoms with E-state index in [-0.39, 0.29) is 42.1 Å². The molecule has 0 aliphatic heterocycles. The summed E-state index contributed by atoms with van der Waals surface area (Å²) < 4.78 is 46.9. The number of amides is 1. The van der Waals surface area contributed by atoms with E-state index in [2.05, 4.69) is 0 Å². The lowest BCUT2D eigenvalue weighted by molar-refractivity contribution is 0.0697. The third-order valence-electron chi connectivity index (χ3n) is 4.15. The lowest BCUT2D eigenvalue weighted by atomic mass is 10.1. The molecule has 0 unspecified atom stereocenters. The van der Waals surface area contributed by atoms with Crippen molar-refractivity contribution in [1.82, 2.24) is 4.90 Å². The van der Waals surface area contributed by atoms with Gasteiger partial charge in [0.05, 0.1) is 12.0 Å². The number of carbonyl (C=O) groups excluding carboxylic acids is 1. The average Bonchev–Trinajstić information content (AvgIpc) is 3.23. The summed E-state index contributed by atoms with van der Waals surface area (Å²) in [5.41, 5.74) is 1.42. The van der Waals surface area contributed by atoms with Gasteiger partial charge in [-0.2, -0.15) is 8.42 Å². The molecule has 29 heavy (non-hydrogen) atoms. The van der Waals surface area contributed by atoms with Gasteiger partial charge in [-0.15, -0.1) is 0 Å². The van der Waals surface area contributed by atoms with Crippen molar-refractivity contribution >= 4 is 16.0 Å². The second-order valence-corrected chi connectivity index (χ2v) is 8.20. The normalized spacial score (nSPS) is 11.2. The van der Waals surface area contributed by atoms with Crippen molar-refractivity contribution < 1.29 is 26.2 Å². The molecular formula is C21H20FNO5S. The van der Waals surface area contributed by atoms with E-state index in [0.717, 1.165) is 5.56 Å². The molecule has 1 amide bonds. The summed E-state index contributed by atoms with van der Waals surface area (Å²) in [5, 5.41) is 0. The van der Waals surface area contributed by atoms with Crippen LogP contribution < -0.4 is 4.18 Å². The summed E-state index contributed by atoms with van der Waals surface area (Å²) in [6, 6.07) is 15.6. The Morgan fingerprint density at radius 1 is 1.03 bits per heavy atom. The van der Waals surface area contributed by atoms with Gasteiger partial charge in [0.25, 0.3) is 5.91 Å². The average molecular weight is 417 g/mol. The van der Waals surface area contributed by atoms with E-state index in [4.69, 9.17) is 8.60 Å². The zero-order chi connectivity index (χ0) is 20.9. The molecule has 1 aromatic heterocycles. The molecule has 8 heteroatoms. The van der Waals surface area contributed by atoms with Crippen LogP contribution in [-0.2, 0) is 23.2 Å². The van der Waals surface area contributed by atoms with Crippen LogP contribution in [0, 0.1) is 5.82 Å². The molecule has 0 aliphatic carbocycles. The van der Waals surface area contributed by atoms with Crippen molar-refractivity contribution in [2.45, 2.75) is 20.0 Å². The van der Waals surface area contributed by atoms with Gasteiger partial charge in [0.15, 0.2) is 5.76 Å². The van der Waals surface area contributed by atoms with Crippen molar-refractivity contribution in [3.05, 3.63) is 89.6 Å². The molecule has 6 nitrogen and oxygen atoms in total. The first-order chi connectivity index (χ1) is 13.9. The zero-order valence-electron chi connectivity index (χ0n) is 15.7. The van der Waals surface area contributed by atoms with E-state index >= 15 is 0 Å². The van der Waals surface area contributed by atoms with Crippen LogP contribution in [0.3, 0.4) is 0 Å². The van der Waals surface area contributed by atoms with Crippen LogP contribution in [0.15, 0.2) is 71.3 Å². The van der Waals surface area contributed by atoms with Gasteiger partial charge in [0, 0.05) is 13.1 Å². The fourth-order valence-electron chi connectivity index (χ4n) is 2.69. The minimum atomic E-state index is -3.65. The Labute approximate surface area is 168 Å². The van der Waals surface area contributed by atoms with Crippen LogP contribution in [0.4, 0.5) is 4.39 Å². The number of hydrogen-bond acceptors (Lipinski definition) is 5. The molecule has 0 spiro atoms. The highest BCUT2D eigenvalue weighted by molar-refractivity contribution is 7.87. The highest BCUT2D eigenvalue weighted by atomic mass is 32.2. The van der Waals surface area contributed by atoms with Crippen LogP contribution in [0.5, 0.6) is 5.75 Å². The van der Waals surface area contributed by atoms with E-state index in [1.54, 1.807) is 42.5 Å². The van der Waals surface area contributed by atoms with Gasteiger partial charge in [-0.25, -0.2) is 4.39 Å². The molecule has 0 N–H and O–H groups in total. The number of hydrogen-bond donors (Lipinski definition) is 0. The smallest absolute Gasteiger partial charge is 0.308 e. The number of carbonyl (C=O) groups is 1. The minimum absolute atomic E-state index is 0.148. The largest absolute Gasteiger partial charge is 0.459 e. The van der Waals surface area contributed by atoms with Crippen LogP contribution in [0.2, 0.25) is 0 Å². The Balaban J connectivity index is 1.84. The van der Waals surface area contributed by atoms with E-state index in [9.17, 15) is 17.6 Å². The highest BCUT2D eigenvalue weighted by Crippen LogP contribution is 2.20. The molecule has 152 valence electrons. The lowest BCUT2D eigenvalue weighted by Crippen LogP contribution is -2.29. The molecule has 0 saturated heterocycles. The fourth-order valence-corrected chi connectivity index (χ4v) is 3.20. The maximum Gasteiger partial charge on any atom is 0.308 e. The Kier molecular flexibility index (Phi) is 6.33. The second kappa shape index (κ2) is 8.91. The van der Waals surface area contributed by atoms with E-state index in [1.165, 1.54) is 36.3 Å². The van der Waals surface area contributed by atoms with Gasteiger partial charge < -0.3 is 13.5 Å². The number of benzene rings is 2. The molecule has 0 bridgehead atoms. The molecule has 3 rings (SSSR count). The first-order valence-corrected chi connectivity index (χ1v) is 10.5. The monoisotopic (exact) mass is 417 g/mol. The van der Waals surface area contributed by atoms with Crippen molar-refractivity contribution in [3.8, 4) is 5.75 Å². The lowest BCUT2D eigenvalue weighted by Gasteiger charge is -2.22. The van der Waals surface area contributed by atoms with Gasteiger partial charge in [0.1, 0.15) is 11.6 Å². The molecule has 2 aromatic carbocycles. The SMILES string of the molecule is CCS(=O)(=O)Oc1cccc(CN(Cc2ccc(F)cc2)C(=O)c2ccco2)c1. The van der Waals surface area contributed by atoms with Crippen molar-refractivity contribution in [3.63, 3.8) is 0 Å². The van der Waals surface area contributed by atoms with Crippen molar-refractivity contribution in [2.75, 3.05) is 5.75 Å². The van der Waals surface area contributed by atoms with Crippen LogP contribution in [0.1, 0.15) is 28.6 Å². The predicted octanol–water partition coefficient (Wildman–Crippen LogP) is 3.99. The minimum Gasteiger partial charge on any atom is -0.459 e. The van der Waals surface area contributed by atoms with E-state index in [0.29, 0.717) is 5.56 Å². The van der Waals surface area contributed by atoms with Gasteiger partial charge >= 0.3 is 10.1 Å². The van der Waals surface area contributed by atoms with Crippen molar-refractivity contribution in [1.29, 1.82) is 0 Å². The van der Waals surface area contributed by atoms with E-state index < -0.39 is 10.1 Å². The first-order valence-electron chi connectivity index (χ1n) is 8.94. The molecule has 0 fully saturated rings. The number of nitrogens with zero attached hydrogens (tertiary/aromatic N) is 1. The molecule has 3 aromatic rings. The Bertz CT molecular complexity index is 1060. The molecular weight excluding hydrogens is 397 g/mol. The summed E-state index contributed by atoms with van der Waals surface area (Å²) in [4.78, 5) is 14.4. The third-order valence-corrected chi connectivity index (χ3v) is 5.31. The van der Waals surface area contributed by atoms with Crippen LogP contribution in [-0.4, -0.2) is 25.0 Å². The first kappa shape index (κ1) is 20.6. The molecule has 0 radical (unpaired) electrons. The Morgan fingerprint density at radius 3 is 2.41 bits per heavy atom. The summed E-state index contributed by atoms with van der Waals surface area (Å²) in [5.74, 6) is -0.499. The number of rotatable bonds is 8. The van der Waals surface area contributed by atoms with Gasteiger partial charge in [-0.05, 0) is 54.4 Å². The topological polar surface area (TPSA) is 76.8 Å². The molecule has 1 heterocycles. The zero-order valence-corrected chi connectivity index (χ0v) is 16.6. The van der Waals surface area contributed by atoms with Gasteiger partial charge in [-0.3, -0.25) is 4.79 Å². The van der Waals surface area contributed by atoms with Crippen LogP contribution in [0.25, 0.3) is 0 Å².